The number of Topliss-reactive ketones (excluding diaryl/α,β-unsaturated/α-hetero) is 1. The lowest BCUT2D eigenvalue weighted by molar-refractivity contribution is -0.697. The molecular formula is C32H57NO8P+. The lowest BCUT2D eigenvalue weighted by Crippen LogP contribution is -2.34. The number of phosphoric acid groups is 1. The zero-order chi connectivity index (χ0) is 30.7. The molecule has 10 heteroatoms. The van der Waals surface area contributed by atoms with Crippen LogP contribution < -0.4 is 4.57 Å². The van der Waals surface area contributed by atoms with Crippen LogP contribution in [0.2, 0.25) is 0 Å². The van der Waals surface area contributed by atoms with Gasteiger partial charge in [0.05, 0.1) is 13.2 Å². The summed E-state index contributed by atoms with van der Waals surface area (Å²) in [6, 6.07) is 5.55. The van der Waals surface area contributed by atoms with Crippen LogP contribution in [0.3, 0.4) is 0 Å². The third kappa shape index (κ3) is 23.9. The molecular weight excluding hydrogens is 557 g/mol. The molecule has 0 aliphatic carbocycles. The number of pyridine rings is 1. The molecule has 0 bridgehead atoms. The predicted molar refractivity (Wildman–Crippen MR) is 164 cm³/mol. The molecule has 0 saturated carbocycles. The average Bonchev–Trinajstić information content (AvgIpc) is 2.95. The zero-order valence-corrected chi connectivity index (χ0v) is 27.1. The first-order valence-corrected chi connectivity index (χ1v) is 17.6. The number of esters is 1. The van der Waals surface area contributed by atoms with E-state index < -0.39 is 19.9 Å². The van der Waals surface area contributed by atoms with Crippen molar-refractivity contribution < 1.29 is 42.1 Å². The first kappa shape index (κ1) is 38.4. The first-order chi connectivity index (χ1) is 20.3. The van der Waals surface area contributed by atoms with E-state index in [9.17, 15) is 19.0 Å². The molecule has 1 heterocycles. The molecule has 1 aromatic rings. The highest BCUT2D eigenvalue weighted by Gasteiger charge is 2.26. The molecule has 242 valence electrons. The molecule has 0 aliphatic heterocycles. The molecule has 0 fully saturated rings. The number of carbonyl (C=O) groups is 2. The number of hydrogen-bond acceptors (Lipinski definition) is 7. The van der Waals surface area contributed by atoms with Gasteiger partial charge >= 0.3 is 13.8 Å². The number of nitrogens with zero attached hydrogens (tertiary/aromatic N) is 1. The molecule has 1 rings (SSSR count). The Hall–Kier alpha value is -1.64. The van der Waals surface area contributed by atoms with Gasteiger partial charge in [-0.3, -0.25) is 18.6 Å². The second kappa shape index (κ2) is 25.8. The summed E-state index contributed by atoms with van der Waals surface area (Å²) < 4.78 is 35.1. The molecule has 42 heavy (non-hydrogen) atoms. The van der Waals surface area contributed by atoms with Crippen molar-refractivity contribution in [3.8, 4) is 0 Å². The third-order valence-electron chi connectivity index (χ3n) is 6.94. The molecule has 0 aromatic carbocycles. The Balaban J connectivity index is 2.14. The number of aromatic nitrogens is 1. The van der Waals surface area contributed by atoms with Crippen molar-refractivity contribution in [3.63, 3.8) is 0 Å². The van der Waals surface area contributed by atoms with Gasteiger partial charge in [-0.15, -0.1) is 0 Å². The highest BCUT2D eigenvalue weighted by Crippen LogP contribution is 2.43. The molecule has 2 unspecified atom stereocenters. The Kier molecular flexibility index (Phi) is 23.6. The molecule has 0 spiro atoms. The Morgan fingerprint density at radius 2 is 1.26 bits per heavy atom. The first-order valence-electron chi connectivity index (χ1n) is 16.1. The van der Waals surface area contributed by atoms with E-state index in [1.807, 2.05) is 30.6 Å². The van der Waals surface area contributed by atoms with Crippen molar-refractivity contribution in [2.24, 2.45) is 0 Å². The maximum atomic E-state index is 12.3. The van der Waals surface area contributed by atoms with Gasteiger partial charge in [0.1, 0.15) is 24.9 Å². The number of rotatable bonds is 29. The van der Waals surface area contributed by atoms with E-state index in [1.165, 1.54) is 90.4 Å². The summed E-state index contributed by atoms with van der Waals surface area (Å²) in [7, 11) is -4.36. The van der Waals surface area contributed by atoms with E-state index in [0.29, 0.717) is 13.2 Å². The Morgan fingerprint density at radius 3 is 1.79 bits per heavy atom. The fourth-order valence-corrected chi connectivity index (χ4v) is 5.32. The Labute approximate surface area is 254 Å². The minimum absolute atomic E-state index is 0.00223. The quantitative estimate of drug-likeness (QED) is 0.0330. The van der Waals surface area contributed by atoms with Crippen molar-refractivity contribution in [1.82, 2.24) is 0 Å². The second-order valence-corrected chi connectivity index (χ2v) is 12.5. The number of carbonyl (C=O) groups excluding carboxylic acids is 2. The fourth-order valence-electron chi connectivity index (χ4n) is 4.57. The van der Waals surface area contributed by atoms with Crippen molar-refractivity contribution >= 4 is 19.6 Å². The summed E-state index contributed by atoms with van der Waals surface area (Å²) in [5, 5.41) is 0. The summed E-state index contributed by atoms with van der Waals surface area (Å²) in [6.07, 6.45) is 23.0. The van der Waals surface area contributed by atoms with Crippen LogP contribution >= 0.6 is 7.82 Å². The lowest BCUT2D eigenvalue weighted by atomic mass is 10.0. The minimum Gasteiger partial charge on any atom is -0.457 e. The molecule has 0 radical (unpaired) electrons. The molecule has 0 aliphatic rings. The van der Waals surface area contributed by atoms with E-state index in [4.69, 9.17) is 18.5 Å². The van der Waals surface area contributed by atoms with Crippen LogP contribution in [0.5, 0.6) is 0 Å². The standard InChI is InChI=1S/C32H56NO8P/c1-3-4-5-6-7-8-9-10-11-12-13-14-15-16-17-21-25-38-28-31(41-32(35)27-30(2)34)29-40-42(36,37)39-26-24-33-22-19-18-20-23-33/h18-20,22-23,31H,3-17,21,24-29H2,1-2H3/p+1. The minimum atomic E-state index is -4.36. The van der Waals surface area contributed by atoms with E-state index in [0.717, 1.165) is 19.3 Å². The second-order valence-electron chi connectivity index (χ2n) is 11.1. The molecule has 0 amide bonds. The normalized spacial score (nSPS) is 13.5. The number of phosphoric ester groups is 1. The van der Waals surface area contributed by atoms with E-state index in [-0.39, 0.29) is 32.0 Å². The smallest absolute Gasteiger partial charge is 0.457 e. The summed E-state index contributed by atoms with van der Waals surface area (Å²) in [6.45, 7) is 4.00. The van der Waals surface area contributed by atoms with Crippen LogP contribution in [0, 0.1) is 0 Å². The summed E-state index contributed by atoms with van der Waals surface area (Å²) in [4.78, 5) is 33.3. The highest BCUT2D eigenvalue weighted by atomic mass is 31.2. The van der Waals surface area contributed by atoms with Gasteiger partial charge in [0.25, 0.3) is 0 Å². The van der Waals surface area contributed by atoms with Crippen molar-refractivity contribution in [1.29, 1.82) is 0 Å². The monoisotopic (exact) mass is 614 g/mol. The van der Waals surface area contributed by atoms with Crippen LogP contribution in [0.1, 0.15) is 123 Å². The summed E-state index contributed by atoms with van der Waals surface area (Å²) >= 11 is 0. The number of unbranched alkanes of at least 4 members (excludes halogenated alkanes) is 15. The maximum Gasteiger partial charge on any atom is 0.472 e. The average molecular weight is 615 g/mol. The van der Waals surface area contributed by atoms with Gasteiger partial charge in [0, 0.05) is 18.7 Å². The van der Waals surface area contributed by atoms with Crippen LogP contribution in [0.25, 0.3) is 0 Å². The van der Waals surface area contributed by atoms with Crippen LogP contribution in [0.4, 0.5) is 0 Å². The lowest BCUT2D eigenvalue weighted by Gasteiger charge is -2.19. The largest absolute Gasteiger partial charge is 0.472 e. The number of ether oxygens (including phenoxy) is 2. The summed E-state index contributed by atoms with van der Waals surface area (Å²) in [5.74, 6) is -1.06. The van der Waals surface area contributed by atoms with Crippen molar-refractivity contribution in [2.75, 3.05) is 26.4 Å². The molecule has 0 saturated heterocycles. The summed E-state index contributed by atoms with van der Waals surface area (Å²) in [5.41, 5.74) is 0. The van der Waals surface area contributed by atoms with Gasteiger partial charge in [-0.2, -0.15) is 0 Å². The topological polar surface area (TPSA) is 112 Å². The maximum absolute atomic E-state index is 12.3. The third-order valence-corrected chi connectivity index (χ3v) is 7.93. The SMILES string of the molecule is CCCCCCCCCCCCCCCCCCOCC(COP(=O)(O)OCC[n+]1ccccc1)OC(=O)CC(C)=O. The van der Waals surface area contributed by atoms with Crippen molar-refractivity contribution in [3.05, 3.63) is 30.6 Å². The molecule has 1 aromatic heterocycles. The van der Waals surface area contributed by atoms with E-state index in [2.05, 4.69) is 6.92 Å². The highest BCUT2D eigenvalue weighted by molar-refractivity contribution is 7.47. The molecule has 2 atom stereocenters. The van der Waals surface area contributed by atoms with Crippen molar-refractivity contribution in [2.45, 2.75) is 136 Å². The molecule has 1 N–H and O–H groups in total. The predicted octanol–water partition coefficient (Wildman–Crippen LogP) is 7.28. The van der Waals surface area contributed by atoms with Gasteiger partial charge in [-0.05, 0) is 13.3 Å². The number of ketones is 1. The van der Waals surface area contributed by atoms with Gasteiger partial charge in [0.15, 0.2) is 18.9 Å². The van der Waals surface area contributed by atoms with Gasteiger partial charge in [-0.1, -0.05) is 109 Å². The van der Waals surface area contributed by atoms with Gasteiger partial charge in [-0.25, -0.2) is 9.13 Å². The molecule has 9 nitrogen and oxygen atoms in total. The van der Waals surface area contributed by atoms with Crippen LogP contribution in [-0.4, -0.2) is 49.2 Å². The fraction of sp³-hybridized carbons (Fsp3) is 0.781. The Morgan fingerprint density at radius 1 is 0.738 bits per heavy atom. The van der Waals surface area contributed by atoms with Gasteiger partial charge < -0.3 is 14.4 Å². The van der Waals surface area contributed by atoms with E-state index in [1.54, 1.807) is 4.57 Å². The zero-order valence-electron chi connectivity index (χ0n) is 26.2. The van der Waals surface area contributed by atoms with Gasteiger partial charge in [0.2, 0.25) is 0 Å². The van der Waals surface area contributed by atoms with Crippen LogP contribution in [-0.2, 0) is 39.2 Å². The van der Waals surface area contributed by atoms with Crippen LogP contribution in [0.15, 0.2) is 30.6 Å². The number of hydrogen-bond donors (Lipinski definition) is 1. The Bertz CT molecular complexity index is 854. The van der Waals surface area contributed by atoms with E-state index >= 15 is 0 Å².